The summed E-state index contributed by atoms with van der Waals surface area (Å²) in [5.74, 6) is -0.982. The molecule has 0 radical (unpaired) electrons. The number of fused-ring (bicyclic) bond motifs is 3. The number of amides is 1. The maximum atomic E-state index is 12.7. The molecule has 5 N–H and O–H groups in total. The van der Waals surface area contributed by atoms with Crippen molar-refractivity contribution in [1.29, 1.82) is 0 Å². The molecule has 4 rings (SSSR count). The average Bonchev–Trinajstić information content (AvgIpc) is 3.25. The molecule has 0 atom stereocenters. The van der Waals surface area contributed by atoms with Crippen LogP contribution in [0.15, 0.2) is 64.4 Å². The van der Waals surface area contributed by atoms with E-state index in [-0.39, 0.29) is 22.8 Å². The van der Waals surface area contributed by atoms with Gasteiger partial charge in [-0.15, -0.1) is 0 Å². The first-order valence-corrected chi connectivity index (χ1v) is 11.3. The van der Waals surface area contributed by atoms with Crippen molar-refractivity contribution in [3.05, 3.63) is 65.1 Å². The van der Waals surface area contributed by atoms with E-state index in [1.54, 1.807) is 37.4 Å². The first-order valence-electron chi connectivity index (χ1n) is 9.86. The minimum absolute atomic E-state index is 0.0648. The van der Waals surface area contributed by atoms with Crippen molar-refractivity contribution in [3.63, 3.8) is 0 Å². The van der Waals surface area contributed by atoms with Crippen molar-refractivity contribution in [2.45, 2.75) is 25.2 Å². The molecule has 2 heterocycles. The van der Waals surface area contributed by atoms with Crippen LogP contribution in [0, 0.1) is 0 Å². The number of hydrogen-bond donors (Lipinski definition) is 5. The topological polar surface area (TPSA) is 161 Å². The van der Waals surface area contributed by atoms with Crippen molar-refractivity contribution in [1.82, 2.24) is 9.97 Å². The zero-order valence-corrected chi connectivity index (χ0v) is 18.6. The molecule has 2 aromatic heterocycles. The van der Waals surface area contributed by atoms with Gasteiger partial charge in [-0.1, -0.05) is 6.92 Å². The first kappa shape index (κ1) is 23.5. The fourth-order valence-corrected chi connectivity index (χ4v) is 4.09. The summed E-state index contributed by atoms with van der Waals surface area (Å²) in [6, 6.07) is 12.5. The van der Waals surface area contributed by atoms with Gasteiger partial charge in [0.05, 0.1) is 4.90 Å². The number of carboxylic acid groups (broad SMARTS) is 1. The monoisotopic (exact) mass is 470 g/mol. The van der Waals surface area contributed by atoms with E-state index in [1.807, 2.05) is 0 Å². The lowest BCUT2D eigenvalue weighted by Crippen LogP contribution is -2.13. The maximum Gasteiger partial charge on any atom is 0.303 e. The van der Waals surface area contributed by atoms with E-state index in [0.29, 0.717) is 27.8 Å². The van der Waals surface area contributed by atoms with E-state index in [9.17, 15) is 22.8 Å². The fourth-order valence-electron chi connectivity index (χ4n) is 3.04. The predicted octanol–water partition coefficient (Wildman–Crippen LogP) is 3.25. The van der Waals surface area contributed by atoms with Gasteiger partial charge < -0.3 is 20.4 Å². The molecule has 0 unspecified atom stereocenters. The molecule has 4 aromatic rings. The van der Waals surface area contributed by atoms with Gasteiger partial charge in [0.25, 0.3) is 15.6 Å². The van der Waals surface area contributed by atoms with Gasteiger partial charge in [-0.3, -0.25) is 19.1 Å². The SMILES string of the molecule is CC(=O)Nc1ccc(S(=O)(=O)Nc2ccc3[nH]c(=O)c4[nH]ccc4c3c2)cc1.CCC(=O)O. The van der Waals surface area contributed by atoms with Crippen molar-refractivity contribution >= 4 is 55.1 Å². The van der Waals surface area contributed by atoms with Crippen LogP contribution in [0.5, 0.6) is 0 Å². The largest absolute Gasteiger partial charge is 0.481 e. The number of benzene rings is 2. The van der Waals surface area contributed by atoms with Crippen LogP contribution in [0.3, 0.4) is 0 Å². The van der Waals surface area contributed by atoms with E-state index in [0.717, 1.165) is 5.39 Å². The number of carboxylic acids is 1. The number of pyridine rings is 1. The molecule has 0 bridgehead atoms. The van der Waals surface area contributed by atoms with E-state index in [1.165, 1.54) is 31.2 Å². The summed E-state index contributed by atoms with van der Waals surface area (Å²) in [6.45, 7) is 2.98. The van der Waals surface area contributed by atoms with Gasteiger partial charge in [-0.2, -0.15) is 0 Å². The van der Waals surface area contributed by atoms with E-state index >= 15 is 0 Å². The molecule has 1 amide bonds. The predicted molar refractivity (Wildman–Crippen MR) is 126 cm³/mol. The summed E-state index contributed by atoms with van der Waals surface area (Å²) in [6.07, 6.45) is 1.88. The summed E-state index contributed by atoms with van der Waals surface area (Å²) >= 11 is 0. The van der Waals surface area contributed by atoms with Gasteiger partial charge in [0, 0.05) is 47.2 Å². The van der Waals surface area contributed by atoms with Crippen molar-refractivity contribution in [3.8, 4) is 0 Å². The first-order chi connectivity index (χ1) is 15.6. The number of carbonyl (C=O) groups is 2. The Morgan fingerprint density at radius 1 is 1.00 bits per heavy atom. The smallest absolute Gasteiger partial charge is 0.303 e. The number of H-pyrrole nitrogens is 2. The third-order valence-corrected chi connectivity index (χ3v) is 5.97. The molecule has 0 saturated carbocycles. The van der Waals surface area contributed by atoms with Gasteiger partial charge in [-0.05, 0) is 48.5 Å². The Balaban J connectivity index is 0.000000555. The van der Waals surface area contributed by atoms with Crippen LogP contribution < -0.4 is 15.6 Å². The summed E-state index contributed by atoms with van der Waals surface area (Å²) in [5, 5.41) is 11.7. The molecule has 0 saturated heterocycles. The van der Waals surface area contributed by atoms with Crippen molar-refractivity contribution in [2.75, 3.05) is 10.0 Å². The van der Waals surface area contributed by atoms with Crippen LogP contribution in [0.25, 0.3) is 21.8 Å². The number of nitrogens with one attached hydrogen (secondary N) is 4. The van der Waals surface area contributed by atoms with E-state index < -0.39 is 16.0 Å². The van der Waals surface area contributed by atoms with Gasteiger partial charge in [0.15, 0.2) is 0 Å². The highest BCUT2D eigenvalue weighted by molar-refractivity contribution is 7.92. The molecular formula is C22H22N4O6S. The third kappa shape index (κ3) is 5.57. The highest BCUT2D eigenvalue weighted by atomic mass is 32.2. The van der Waals surface area contributed by atoms with Crippen LogP contribution >= 0.6 is 0 Å². The second-order valence-corrected chi connectivity index (χ2v) is 8.72. The van der Waals surface area contributed by atoms with Crippen LogP contribution in [0.2, 0.25) is 0 Å². The average molecular weight is 471 g/mol. The summed E-state index contributed by atoms with van der Waals surface area (Å²) in [4.78, 5) is 38.2. The minimum Gasteiger partial charge on any atom is -0.481 e. The number of hydrogen-bond acceptors (Lipinski definition) is 5. The van der Waals surface area contributed by atoms with Crippen molar-refractivity contribution < 1.29 is 23.1 Å². The van der Waals surface area contributed by atoms with Gasteiger partial charge >= 0.3 is 5.97 Å². The molecule has 11 heteroatoms. The summed E-state index contributed by atoms with van der Waals surface area (Å²) in [7, 11) is -3.82. The zero-order valence-electron chi connectivity index (χ0n) is 17.8. The number of aliphatic carboxylic acids is 1. The fraction of sp³-hybridized carbons (Fsp3) is 0.136. The second-order valence-electron chi connectivity index (χ2n) is 7.04. The number of rotatable bonds is 5. The molecule has 0 aliphatic rings. The summed E-state index contributed by atoms with van der Waals surface area (Å²) in [5.41, 5.74) is 1.69. The Hall–Kier alpha value is -4.12. The lowest BCUT2D eigenvalue weighted by molar-refractivity contribution is -0.136. The lowest BCUT2D eigenvalue weighted by atomic mass is 10.1. The second kappa shape index (κ2) is 9.57. The molecule has 0 spiro atoms. The normalized spacial score (nSPS) is 11.0. The molecule has 33 heavy (non-hydrogen) atoms. The summed E-state index contributed by atoms with van der Waals surface area (Å²) < 4.78 is 27.9. The maximum absolute atomic E-state index is 12.7. The van der Waals surface area contributed by atoms with Crippen LogP contribution in [0.4, 0.5) is 11.4 Å². The number of aromatic nitrogens is 2. The Morgan fingerprint density at radius 3 is 2.24 bits per heavy atom. The Bertz CT molecular complexity index is 1490. The minimum atomic E-state index is -3.82. The molecule has 0 aliphatic heterocycles. The Morgan fingerprint density at radius 2 is 1.64 bits per heavy atom. The third-order valence-electron chi connectivity index (χ3n) is 4.57. The highest BCUT2D eigenvalue weighted by Crippen LogP contribution is 2.25. The number of aromatic amines is 2. The van der Waals surface area contributed by atoms with Gasteiger partial charge in [0.2, 0.25) is 5.91 Å². The molecule has 0 aliphatic carbocycles. The van der Waals surface area contributed by atoms with Gasteiger partial charge in [0.1, 0.15) is 5.52 Å². The number of carbonyl (C=O) groups excluding carboxylic acids is 1. The quantitative estimate of drug-likeness (QED) is 0.301. The molecule has 172 valence electrons. The lowest BCUT2D eigenvalue weighted by Gasteiger charge is -2.10. The van der Waals surface area contributed by atoms with Crippen LogP contribution in [-0.2, 0) is 19.6 Å². The number of sulfonamides is 1. The molecule has 10 nitrogen and oxygen atoms in total. The molecule has 0 fully saturated rings. The molecule has 2 aromatic carbocycles. The molecular weight excluding hydrogens is 448 g/mol. The van der Waals surface area contributed by atoms with Crippen LogP contribution in [0.1, 0.15) is 20.3 Å². The van der Waals surface area contributed by atoms with E-state index in [4.69, 9.17) is 5.11 Å². The zero-order chi connectivity index (χ0) is 24.2. The Kier molecular flexibility index (Phi) is 6.83. The van der Waals surface area contributed by atoms with E-state index in [2.05, 4.69) is 20.0 Å². The highest BCUT2D eigenvalue weighted by Gasteiger charge is 2.15. The Labute approximate surface area is 188 Å². The number of anilines is 2. The standard InChI is InChI=1S/C19H16N4O4S.C3H6O2/c1-11(24)21-12-2-5-14(6-3-12)28(26,27)23-13-4-7-17-16(10-13)15-8-9-20-18(15)19(25)22-17;1-2-3(4)5/h2-10,20,23H,1H3,(H,21,24)(H,22,25);2H2,1H3,(H,4,5). The van der Waals surface area contributed by atoms with Crippen molar-refractivity contribution in [2.24, 2.45) is 0 Å². The van der Waals surface area contributed by atoms with Crippen LogP contribution in [-0.4, -0.2) is 35.4 Å². The van der Waals surface area contributed by atoms with Gasteiger partial charge in [-0.25, -0.2) is 8.42 Å².